The number of aromatic nitrogens is 2. The molecule has 0 atom stereocenters. The first kappa shape index (κ1) is 21.2. The van der Waals surface area contributed by atoms with Crippen LogP contribution < -0.4 is 15.8 Å². The van der Waals surface area contributed by atoms with E-state index in [-0.39, 0.29) is 22.2 Å². The molecule has 2 aromatic carbocycles. The van der Waals surface area contributed by atoms with Crippen LogP contribution in [-0.4, -0.2) is 24.1 Å². The molecule has 0 fully saturated rings. The number of sulfonamides is 1. The number of halogens is 1. The van der Waals surface area contributed by atoms with Gasteiger partial charge in [-0.1, -0.05) is 40.2 Å². The van der Waals surface area contributed by atoms with Gasteiger partial charge in [-0.25, -0.2) is 13.1 Å². The normalized spacial score (nSPS) is 11.8. The standard InChI is InChI=1S/C19H19BrN4O4S/c1-11(2)24-19(26)15-7-5-4-6-14(15)17(22-24)18(25)21-23-29(27,28)16-10-13(20)9-8-12(16)3/h4-11,23H,1-3H3,(H,21,25). The number of carbonyl (C=O) groups is 1. The van der Waals surface area contributed by atoms with Crippen LogP contribution in [0.4, 0.5) is 0 Å². The fourth-order valence-electron chi connectivity index (χ4n) is 2.82. The van der Waals surface area contributed by atoms with Gasteiger partial charge in [0.1, 0.15) is 0 Å². The summed E-state index contributed by atoms with van der Waals surface area (Å²) in [4.78, 5) is 27.4. The van der Waals surface area contributed by atoms with Crippen LogP contribution in [-0.2, 0) is 10.0 Å². The van der Waals surface area contributed by atoms with Gasteiger partial charge in [0.05, 0.1) is 16.3 Å². The monoisotopic (exact) mass is 478 g/mol. The van der Waals surface area contributed by atoms with Crippen molar-refractivity contribution in [2.75, 3.05) is 0 Å². The van der Waals surface area contributed by atoms with Gasteiger partial charge in [-0.15, -0.1) is 4.83 Å². The summed E-state index contributed by atoms with van der Waals surface area (Å²) in [5.74, 6) is -0.771. The van der Waals surface area contributed by atoms with Gasteiger partial charge >= 0.3 is 0 Å². The summed E-state index contributed by atoms with van der Waals surface area (Å²) in [6, 6.07) is 11.1. The van der Waals surface area contributed by atoms with Crippen LogP contribution in [0.15, 0.2) is 56.6 Å². The summed E-state index contributed by atoms with van der Waals surface area (Å²) in [5, 5.41) is 4.82. The average Bonchev–Trinajstić information content (AvgIpc) is 2.68. The van der Waals surface area contributed by atoms with Crippen molar-refractivity contribution in [3.8, 4) is 0 Å². The molecule has 2 N–H and O–H groups in total. The van der Waals surface area contributed by atoms with Crippen LogP contribution in [0, 0.1) is 6.92 Å². The number of aryl methyl sites for hydroxylation is 1. The summed E-state index contributed by atoms with van der Waals surface area (Å²) in [7, 11) is -4.01. The first-order chi connectivity index (χ1) is 13.6. The fraction of sp³-hybridized carbons (Fsp3) is 0.211. The number of benzene rings is 2. The molecule has 0 bridgehead atoms. The highest BCUT2D eigenvalue weighted by Gasteiger charge is 2.21. The molecule has 0 saturated carbocycles. The van der Waals surface area contributed by atoms with Crippen molar-refractivity contribution in [3.63, 3.8) is 0 Å². The number of rotatable bonds is 5. The van der Waals surface area contributed by atoms with E-state index in [1.54, 1.807) is 57.2 Å². The minimum atomic E-state index is -4.01. The van der Waals surface area contributed by atoms with Gasteiger partial charge in [-0.3, -0.25) is 15.0 Å². The third kappa shape index (κ3) is 4.24. The Hall–Kier alpha value is -2.56. The minimum Gasteiger partial charge on any atom is -0.272 e. The predicted octanol–water partition coefficient (Wildman–Crippen LogP) is 2.67. The van der Waals surface area contributed by atoms with E-state index in [9.17, 15) is 18.0 Å². The van der Waals surface area contributed by atoms with Crippen molar-refractivity contribution in [3.05, 3.63) is 68.5 Å². The number of nitrogens with zero attached hydrogens (tertiary/aromatic N) is 2. The van der Waals surface area contributed by atoms with E-state index in [0.29, 0.717) is 20.8 Å². The molecule has 3 rings (SSSR count). The maximum atomic E-state index is 12.7. The van der Waals surface area contributed by atoms with Crippen molar-refractivity contribution in [1.82, 2.24) is 20.0 Å². The van der Waals surface area contributed by atoms with Crippen LogP contribution in [0.5, 0.6) is 0 Å². The molecule has 0 aliphatic carbocycles. The Bertz CT molecular complexity index is 1270. The molecule has 0 aliphatic rings. The Labute approximate surface area is 176 Å². The fourth-order valence-corrected chi connectivity index (χ4v) is 4.44. The number of fused-ring (bicyclic) bond motifs is 1. The summed E-state index contributed by atoms with van der Waals surface area (Å²) in [6.07, 6.45) is 0. The summed E-state index contributed by atoms with van der Waals surface area (Å²) >= 11 is 3.24. The lowest BCUT2D eigenvalue weighted by Crippen LogP contribution is -2.43. The number of hydrogen-bond acceptors (Lipinski definition) is 5. The quantitative estimate of drug-likeness (QED) is 0.547. The zero-order valence-corrected chi connectivity index (χ0v) is 18.3. The van der Waals surface area contributed by atoms with Crippen LogP contribution in [0.1, 0.15) is 35.9 Å². The van der Waals surface area contributed by atoms with Crippen LogP contribution in [0.3, 0.4) is 0 Å². The maximum absolute atomic E-state index is 12.7. The van der Waals surface area contributed by atoms with Gasteiger partial charge in [0.2, 0.25) is 0 Å². The highest BCUT2D eigenvalue weighted by Crippen LogP contribution is 2.20. The molecule has 1 amide bonds. The second-order valence-electron chi connectivity index (χ2n) is 6.71. The lowest BCUT2D eigenvalue weighted by molar-refractivity contribution is 0.0939. The largest absolute Gasteiger partial charge is 0.287 e. The van der Waals surface area contributed by atoms with Gasteiger partial charge in [-0.05, 0) is 44.5 Å². The van der Waals surface area contributed by atoms with Crippen molar-refractivity contribution < 1.29 is 13.2 Å². The van der Waals surface area contributed by atoms with Gasteiger partial charge < -0.3 is 0 Å². The first-order valence-corrected chi connectivity index (χ1v) is 11.0. The third-order valence-corrected chi connectivity index (χ3v) is 6.15. The zero-order valence-electron chi connectivity index (χ0n) is 15.9. The Morgan fingerprint density at radius 3 is 2.45 bits per heavy atom. The molecule has 1 heterocycles. The molecule has 0 unspecified atom stereocenters. The van der Waals surface area contributed by atoms with E-state index in [0.717, 1.165) is 0 Å². The topological polar surface area (TPSA) is 110 Å². The number of hydrogen-bond donors (Lipinski definition) is 2. The van der Waals surface area contributed by atoms with Crippen molar-refractivity contribution >= 4 is 42.6 Å². The van der Waals surface area contributed by atoms with E-state index in [2.05, 4.69) is 31.3 Å². The Morgan fingerprint density at radius 2 is 1.79 bits per heavy atom. The molecule has 0 saturated heterocycles. The van der Waals surface area contributed by atoms with Gasteiger partial charge in [0, 0.05) is 9.86 Å². The second kappa shape index (κ2) is 8.05. The number of carbonyl (C=O) groups excluding carboxylic acids is 1. The van der Waals surface area contributed by atoms with Crippen molar-refractivity contribution in [1.29, 1.82) is 0 Å². The SMILES string of the molecule is Cc1ccc(Br)cc1S(=O)(=O)NNC(=O)c1nn(C(C)C)c(=O)c2ccccc12. The first-order valence-electron chi connectivity index (χ1n) is 8.71. The molecule has 10 heteroatoms. The molecule has 0 radical (unpaired) electrons. The van der Waals surface area contributed by atoms with Crippen LogP contribution >= 0.6 is 15.9 Å². The van der Waals surface area contributed by atoms with E-state index in [1.165, 1.54) is 10.7 Å². The van der Waals surface area contributed by atoms with Gasteiger partial charge in [-0.2, -0.15) is 5.10 Å². The molecular formula is C19H19BrN4O4S. The van der Waals surface area contributed by atoms with E-state index < -0.39 is 15.9 Å². The van der Waals surface area contributed by atoms with Crippen molar-refractivity contribution in [2.45, 2.75) is 31.7 Å². The molecule has 29 heavy (non-hydrogen) atoms. The summed E-state index contributed by atoms with van der Waals surface area (Å²) in [6.45, 7) is 5.18. The highest BCUT2D eigenvalue weighted by molar-refractivity contribution is 9.10. The van der Waals surface area contributed by atoms with Crippen LogP contribution in [0.25, 0.3) is 10.8 Å². The van der Waals surface area contributed by atoms with E-state index in [4.69, 9.17) is 0 Å². The van der Waals surface area contributed by atoms with Gasteiger partial charge in [0.25, 0.3) is 21.5 Å². The summed E-state index contributed by atoms with van der Waals surface area (Å²) in [5.41, 5.74) is 2.34. The number of hydrazine groups is 1. The minimum absolute atomic E-state index is 0.0251. The predicted molar refractivity (Wildman–Crippen MR) is 113 cm³/mol. The molecule has 0 spiro atoms. The summed E-state index contributed by atoms with van der Waals surface area (Å²) < 4.78 is 27.0. The van der Waals surface area contributed by atoms with Crippen LogP contribution in [0.2, 0.25) is 0 Å². The molecule has 1 aromatic heterocycles. The van der Waals surface area contributed by atoms with E-state index in [1.807, 2.05) is 0 Å². The molecule has 3 aromatic rings. The van der Waals surface area contributed by atoms with E-state index >= 15 is 0 Å². The number of amides is 1. The Kier molecular flexibility index (Phi) is 5.87. The molecule has 152 valence electrons. The second-order valence-corrected chi connectivity index (χ2v) is 9.27. The zero-order chi connectivity index (χ0) is 21.3. The number of nitrogens with one attached hydrogen (secondary N) is 2. The van der Waals surface area contributed by atoms with Crippen molar-refractivity contribution in [2.24, 2.45) is 0 Å². The van der Waals surface area contributed by atoms with Gasteiger partial charge in [0.15, 0.2) is 5.69 Å². The Balaban J connectivity index is 1.97. The molecular weight excluding hydrogens is 460 g/mol. The Morgan fingerprint density at radius 1 is 1.14 bits per heavy atom. The maximum Gasteiger partial charge on any atom is 0.287 e. The lowest BCUT2D eigenvalue weighted by atomic mass is 10.1. The average molecular weight is 479 g/mol. The highest BCUT2D eigenvalue weighted by atomic mass is 79.9. The molecule has 8 nitrogen and oxygen atoms in total. The lowest BCUT2D eigenvalue weighted by Gasteiger charge is -2.14. The smallest absolute Gasteiger partial charge is 0.272 e. The molecule has 0 aliphatic heterocycles. The third-order valence-electron chi connectivity index (χ3n) is 4.27.